The lowest BCUT2D eigenvalue weighted by Gasteiger charge is -2.37. The Bertz CT molecular complexity index is 856. The summed E-state index contributed by atoms with van der Waals surface area (Å²) in [6, 6.07) is 20.4. The lowest BCUT2D eigenvalue weighted by Crippen LogP contribution is -2.48. The van der Waals surface area contributed by atoms with Gasteiger partial charge >= 0.3 is 0 Å². The van der Waals surface area contributed by atoms with Gasteiger partial charge in [-0.05, 0) is 36.4 Å². The number of rotatable bonds is 8. The number of hydrogen-bond acceptors (Lipinski definition) is 5. The fourth-order valence-electron chi connectivity index (χ4n) is 3.89. The van der Waals surface area contributed by atoms with Crippen LogP contribution in [0.3, 0.4) is 0 Å². The van der Waals surface area contributed by atoms with Crippen LogP contribution in [0.2, 0.25) is 0 Å². The van der Waals surface area contributed by atoms with Crippen LogP contribution in [0.5, 0.6) is 0 Å². The summed E-state index contributed by atoms with van der Waals surface area (Å²) < 4.78 is 0. The topological polar surface area (TPSA) is 35.5 Å². The van der Waals surface area contributed by atoms with Gasteiger partial charge < -0.3 is 4.90 Å². The van der Waals surface area contributed by atoms with Crippen LogP contribution in [0.1, 0.15) is 11.4 Å². The van der Waals surface area contributed by atoms with Gasteiger partial charge in [-0.15, -0.1) is 0 Å². The molecule has 3 heterocycles. The Hall–Kier alpha value is -2.70. The smallest absolute Gasteiger partial charge is 0.113 e. The number of benzene rings is 1. The monoisotopic (exact) mass is 397 g/mol. The molecule has 0 saturated carbocycles. The molecule has 0 atom stereocenters. The zero-order valence-corrected chi connectivity index (χ0v) is 17.4. The van der Waals surface area contributed by atoms with Gasteiger partial charge in [0.25, 0.3) is 0 Å². The van der Waals surface area contributed by atoms with Crippen molar-refractivity contribution in [2.45, 2.75) is 13.1 Å². The first-order chi connectivity index (χ1) is 14.8. The van der Waals surface area contributed by atoms with Crippen LogP contribution >= 0.6 is 0 Å². The maximum atomic E-state index is 5.95. The summed E-state index contributed by atoms with van der Waals surface area (Å²) in [5, 5.41) is 0. The second-order valence-electron chi connectivity index (χ2n) is 7.78. The third kappa shape index (κ3) is 5.91. The first kappa shape index (κ1) is 20.6. The molecule has 2 radical (unpaired) electrons. The van der Waals surface area contributed by atoms with Gasteiger partial charge in [0.15, 0.2) is 0 Å². The predicted molar refractivity (Wildman–Crippen MR) is 123 cm³/mol. The van der Waals surface area contributed by atoms with E-state index in [4.69, 9.17) is 7.85 Å². The van der Waals surface area contributed by atoms with Gasteiger partial charge in [-0.1, -0.05) is 29.7 Å². The molecule has 0 unspecified atom stereocenters. The fourth-order valence-corrected chi connectivity index (χ4v) is 3.89. The van der Waals surface area contributed by atoms with Gasteiger partial charge in [0.1, 0.15) is 7.85 Å². The van der Waals surface area contributed by atoms with E-state index in [0.717, 1.165) is 69.2 Å². The highest BCUT2D eigenvalue weighted by Gasteiger charge is 2.18. The van der Waals surface area contributed by atoms with Crippen LogP contribution in [0.25, 0.3) is 0 Å². The summed E-state index contributed by atoms with van der Waals surface area (Å²) in [6.45, 7) is 7.90. The highest BCUT2D eigenvalue weighted by Crippen LogP contribution is 2.15. The van der Waals surface area contributed by atoms with Crippen molar-refractivity contribution >= 4 is 19.0 Å². The van der Waals surface area contributed by atoms with Gasteiger partial charge in [0, 0.05) is 70.4 Å². The first-order valence-corrected chi connectivity index (χ1v) is 10.6. The van der Waals surface area contributed by atoms with Crippen molar-refractivity contribution in [3.05, 3.63) is 84.4 Å². The minimum atomic E-state index is 0.828. The maximum absolute atomic E-state index is 5.95. The van der Waals surface area contributed by atoms with Crippen LogP contribution in [0, 0.1) is 0 Å². The molecule has 1 fully saturated rings. The van der Waals surface area contributed by atoms with Gasteiger partial charge in [-0.2, -0.15) is 0 Å². The number of hydrogen-bond donors (Lipinski definition) is 0. The molecule has 5 nitrogen and oxygen atoms in total. The molecule has 3 aromatic rings. The molecular weight excluding hydrogens is 369 g/mol. The molecule has 1 aliphatic rings. The Morgan fingerprint density at radius 1 is 0.800 bits per heavy atom. The Morgan fingerprint density at radius 3 is 2.03 bits per heavy atom. The third-order valence-corrected chi connectivity index (χ3v) is 5.56. The largest absolute Gasteiger partial charge is 0.369 e. The predicted octanol–water partition coefficient (Wildman–Crippen LogP) is 2.09. The molecule has 2 aromatic heterocycles. The van der Waals surface area contributed by atoms with Crippen molar-refractivity contribution in [1.82, 2.24) is 19.8 Å². The number of nitrogens with zero attached hydrogens (tertiary/aromatic N) is 5. The standard InChI is InChI=1S/C24H28BN5/c25-21-6-5-9-24(18-21)30-16-14-28(15-17-30)12-13-29(19-22-7-1-3-10-26-22)20-23-8-2-4-11-27-23/h1-11,18H,12-17,19-20H2. The normalized spacial score (nSPS) is 14.9. The highest BCUT2D eigenvalue weighted by atomic mass is 15.3. The third-order valence-electron chi connectivity index (χ3n) is 5.56. The van der Waals surface area contributed by atoms with Crippen LogP contribution in [-0.4, -0.2) is 66.9 Å². The Labute approximate surface area is 180 Å². The average Bonchev–Trinajstić information content (AvgIpc) is 2.79. The maximum Gasteiger partial charge on any atom is 0.113 e. The summed E-state index contributed by atoms with van der Waals surface area (Å²) >= 11 is 0. The molecule has 4 rings (SSSR count). The van der Waals surface area contributed by atoms with Gasteiger partial charge in [0.2, 0.25) is 0 Å². The van der Waals surface area contributed by atoms with E-state index < -0.39 is 0 Å². The Kier molecular flexibility index (Phi) is 7.11. The van der Waals surface area contributed by atoms with Crippen LogP contribution in [0.4, 0.5) is 5.69 Å². The van der Waals surface area contributed by atoms with Crippen molar-refractivity contribution in [2.24, 2.45) is 0 Å². The molecule has 0 aliphatic carbocycles. The molecule has 1 saturated heterocycles. The van der Waals surface area contributed by atoms with E-state index in [1.807, 2.05) is 36.7 Å². The lowest BCUT2D eigenvalue weighted by atomic mass is 9.96. The SMILES string of the molecule is [B]c1cccc(N2CCN(CCN(Cc3ccccn3)Cc3ccccn3)CC2)c1. The minimum absolute atomic E-state index is 0.828. The van der Waals surface area contributed by atoms with Crippen LogP contribution in [0.15, 0.2) is 73.1 Å². The molecule has 0 bridgehead atoms. The summed E-state index contributed by atoms with van der Waals surface area (Å²) in [6.07, 6.45) is 3.73. The number of aromatic nitrogens is 2. The summed E-state index contributed by atoms with van der Waals surface area (Å²) in [5.41, 5.74) is 4.25. The zero-order valence-electron chi connectivity index (χ0n) is 17.4. The van der Waals surface area contributed by atoms with Crippen molar-refractivity contribution in [3.8, 4) is 0 Å². The van der Waals surface area contributed by atoms with E-state index in [2.05, 4.69) is 61.1 Å². The van der Waals surface area contributed by atoms with E-state index in [1.54, 1.807) is 0 Å². The molecule has 30 heavy (non-hydrogen) atoms. The molecule has 0 N–H and O–H groups in total. The van der Waals surface area contributed by atoms with Gasteiger partial charge in [-0.3, -0.25) is 19.8 Å². The second-order valence-corrected chi connectivity index (χ2v) is 7.78. The molecule has 6 heteroatoms. The summed E-state index contributed by atoms with van der Waals surface area (Å²) in [7, 11) is 5.95. The molecule has 0 spiro atoms. The van der Waals surface area contributed by atoms with Crippen molar-refractivity contribution in [1.29, 1.82) is 0 Å². The van der Waals surface area contributed by atoms with E-state index in [0.29, 0.717) is 0 Å². The van der Waals surface area contributed by atoms with Gasteiger partial charge in [-0.25, -0.2) is 0 Å². The molecule has 1 aromatic carbocycles. The Morgan fingerprint density at radius 2 is 1.47 bits per heavy atom. The van der Waals surface area contributed by atoms with E-state index >= 15 is 0 Å². The molecule has 152 valence electrons. The fraction of sp³-hybridized carbons (Fsp3) is 0.333. The first-order valence-electron chi connectivity index (χ1n) is 10.6. The van der Waals surface area contributed by atoms with Gasteiger partial charge in [0.05, 0.1) is 11.4 Å². The highest BCUT2D eigenvalue weighted by molar-refractivity contribution is 6.32. The number of piperazine rings is 1. The Balaban J connectivity index is 1.32. The van der Waals surface area contributed by atoms with E-state index in [9.17, 15) is 0 Å². The summed E-state index contributed by atoms with van der Waals surface area (Å²) in [5.74, 6) is 0. The van der Waals surface area contributed by atoms with E-state index in [-0.39, 0.29) is 0 Å². The minimum Gasteiger partial charge on any atom is -0.369 e. The lowest BCUT2D eigenvalue weighted by molar-refractivity contribution is 0.184. The van der Waals surface area contributed by atoms with Crippen LogP contribution in [-0.2, 0) is 13.1 Å². The molecule has 1 aliphatic heterocycles. The van der Waals surface area contributed by atoms with Crippen LogP contribution < -0.4 is 10.4 Å². The zero-order chi connectivity index (χ0) is 20.6. The average molecular weight is 397 g/mol. The summed E-state index contributed by atoms with van der Waals surface area (Å²) in [4.78, 5) is 16.4. The van der Waals surface area contributed by atoms with Crippen molar-refractivity contribution in [3.63, 3.8) is 0 Å². The quantitative estimate of drug-likeness (QED) is 0.544. The number of pyridine rings is 2. The molecular formula is C24H28BN5. The van der Waals surface area contributed by atoms with E-state index in [1.165, 1.54) is 5.69 Å². The second kappa shape index (κ2) is 10.4. The molecule has 0 amide bonds. The van der Waals surface area contributed by atoms with Crippen molar-refractivity contribution < 1.29 is 0 Å². The number of anilines is 1. The van der Waals surface area contributed by atoms with Crippen molar-refractivity contribution in [2.75, 3.05) is 44.2 Å².